The molecule has 0 bridgehead atoms. The zero-order valence-corrected chi connectivity index (χ0v) is 13.7. The van der Waals surface area contributed by atoms with E-state index in [1.807, 2.05) is 24.3 Å². The summed E-state index contributed by atoms with van der Waals surface area (Å²) < 4.78 is 0. The standard InChI is InChI=1S/C20H23N3O/c24-20(19-12-21-11-18(19)15-7-3-1-4-8-15)22-16-13-23(14-16)17-9-5-2-6-10-17/h1-10,16,18-19,21H,11-14H2,(H,22,24)/t18-,19+/m0/s1. The van der Waals surface area contributed by atoms with E-state index in [-0.39, 0.29) is 23.8 Å². The summed E-state index contributed by atoms with van der Waals surface area (Å²) in [7, 11) is 0. The zero-order chi connectivity index (χ0) is 16.4. The number of para-hydroxylation sites is 1. The fraction of sp³-hybridized carbons (Fsp3) is 0.350. The van der Waals surface area contributed by atoms with Crippen molar-refractivity contribution in [2.45, 2.75) is 12.0 Å². The fourth-order valence-corrected chi connectivity index (χ4v) is 3.73. The first-order valence-corrected chi connectivity index (χ1v) is 8.67. The molecule has 2 atom stereocenters. The van der Waals surface area contributed by atoms with E-state index in [9.17, 15) is 4.79 Å². The van der Waals surface area contributed by atoms with Crippen LogP contribution in [0.4, 0.5) is 5.69 Å². The Morgan fingerprint density at radius 2 is 1.62 bits per heavy atom. The van der Waals surface area contributed by atoms with Crippen molar-refractivity contribution < 1.29 is 4.79 Å². The second kappa shape index (κ2) is 6.65. The topological polar surface area (TPSA) is 44.4 Å². The zero-order valence-electron chi connectivity index (χ0n) is 13.7. The van der Waals surface area contributed by atoms with Gasteiger partial charge in [-0.1, -0.05) is 48.5 Å². The van der Waals surface area contributed by atoms with Crippen molar-refractivity contribution >= 4 is 11.6 Å². The third kappa shape index (κ3) is 3.02. The summed E-state index contributed by atoms with van der Waals surface area (Å²) in [4.78, 5) is 15.0. The molecule has 0 saturated carbocycles. The highest BCUT2D eigenvalue weighted by Crippen LogP contribution is 2.28. The first kappa shape index (κ1) is 15.2. The number of carbonyl (C=O) groups is 1. The number of rotatable bonds is 4. The van der Waals surface area contributed by atoms with Crippen LogP contribution in [0.25, 0.3) is 0 Å². The number of nitrogens with one attached hydrogen (secondary N) is 2. The minimum absolute atomic E-state index is 0.0261. The Hall–Kier alpha value is -2.33. The second-order valence-electron chi connectivity index (χ2n) is 6.73. The molecule has 2 saturated heterocycles. The van der Waals surface area contributed by atoms with Gasteiger partial charge in [-0.3, -0.25) is 4.79 Å². The van der Waals surface area contributed by atoms with Crippen LogP contribution in [0.1, 0.15) is 11.5 Å². The van der Waals surface area contributed by atoms with Crippen molar-refractivity contribution in [3.05, 3.63) is 66.2 Å². The Bertz CT molecular complexity index is 683. The summed E-state index contributed by atoms with van der Waals surface area (Å²) >= 11 is 0. The molecule has 2 heterocycles. The van der Waals surface area contributed by atoms with Gasteiger partial charge in [0, 0.05) is 37.8 Å². The van der Waals surface area contributed by atoms with E-state index in [4.69, 9.17) is 0 Å². The van der Waals surface area contributed by atoms with E-state index in [0.717, 1.165) is 26.2 Å². The fourth-order valence-electron chi connectivity index (χ4n) is 3.73. The second-order valence-corrected chi connectivity index (χ2v) is 6.73. The first-order valence-electron chi connectivity index (χ1n) is 8.67. The maximum atomic E-state index is 12.7. The summed E-state index contributed by atoms with van der Waals surface area (Å²) in [5, 5.41) is 6.61. The average Bonchev–Trinajstić information content (AvgIpc) is 3.09. The predicted molar refractivity (Wildman–Crippen MR) is 96.1 cm³/mol. The number of benzene rings is 2. The van der Waals surface area contributed by atoms with Gasteiger partial charge in [-0.15, -0.1) is 0 Å². The van der Waals surface area contributed by atoms with Crippen LogP contribution in [0, 0.1) is 5.92 Å². The Labute approximate surface area is 142 Å². The van der Waals surface area contributed by atoms with Gasteiger partial charge in [0.05, 0.1) is 12.0 Å². The van der Waals surface area contributed by atoms with Crippen LogP contribution in [-0.4, -0.2) is 38.1 Å². The highest BCUT2D eigenvalue weighted by molar-refractivity contribution is 5.81. The van der Waals surface area contributed by atoms with Gasteiger partial charge in [0.25, 0.3) is 0 Å². The van der Waals surface area contributed by atoms with Gasteiger partial charge < -0.3 is 15.5 Å². The lowest BCUT2D eigenvalue weighted by Crippen LogP contribution is -2.60. The summed E-state index contributed by atoms with van der Waals surface area (Å²) in [6.07, 6.45) is 0. The van der Waals surface area contributed by atoms with Crippen LogP contribution in [0.15, 0.2) is 60.7 Å². The van der Waals surface area contributed by atoms with Crippen LogP contribution in [0.5, 0.6) is 0 Å². The molecular formula is C20H23N3O. The van der Waals surface area contributed by atoms with Gasteiger partial charge in [0.2, 0.25) is 5.91 Å². The number of amides is 1. The van der Waals surface area contributed by atoms with Gasteiger partial charge in [-0.05, 0) is 17.7 Å². The summed E-state index contributed by atoms with van der Waals surface area (Å²) in [6, 6.07) is 21.0. The van der Waals surface area contributed by atoms with Crippen LogP contribution in [-0.2, 0) is 4.79 Å². The Kier molecular flexibility index (Phi) is 4.22. The molecule has 24 heavy (non-hydrogen) atoms. The SMILES string of the molecule is O=C(NC1CN(c2ccccc2)C1)[C@@H]1CNC[C@H]1c1ccccc1. The van der Waals surface area contributed by atoms with Crippen molar-refractivity contribution in [3.8, 4) is 0 Å². The third-order valence-electron chi connectivity index (χ3n) is 5.13. The molecule has 2 aromatic rings. The van der Waals surface area contributed by atoms with Crippen molar-refractivity contribution in [1.29, 1.82) is 0 Å². The van der Waals surface area contributed by atoms with Gasteiger partial charge in [-0.25, -0.2) is 0 Å². The lowest BCUT2D eigenvalue weighted by atomic mass is 9.88. The number of hydrogen-bond donors (Lipinski definition) is 2. The smallest absolute Gasteiger partial charge is 0.225 e. The van der Waals surface area contributed by atoms with E-state index in [1.54, 1.807) is 0 Å². The lowest BCUT2D eigenvalue weighted by molar-refractivity contribution is -0.125. The Balaban J connectivity index is 1.34. The highest BCUT2D eigenvalue weighted by Gasteiger charge is 2.36. The minimum Gasteiger partial charge on any atom is -0.367 e. The van der Waals surface area contributed by atoms with Gasteiger partial charge in [0.1, 0.15) is 0 Å². The van der Waals surface area contributed by atoms with E-state index in [1.165, 1.54) is 11.3 Å². The largest absolute Gasteiger partial charge is 0.367 e. The van der Waals surface area contributed by atoms with E-state index in [0.29, 0.717) is 0 Å². The molecule has 0 aliphatic carbocycles. The minimum atomic E-state index is 0.0261. The quantitative estimate of drug-likeness (QED) is 0.905. The molecule has 1 amide bonds. The van der Waals surface area contributed by atoms with Crippen LogP contribution in [0.3, 0.4) is 0 Å². The molecule has 2 aromatic carbocycles. The average molecular weight is 321 g/mol. The molecule has 2 N–H and O–H groups in total. The third-order valence-corrected chi connectivity index (χ3v) is 5.13. The molecule has 4 heteroatoms. The van der Waals surface area contributed by atoms with Gasteiger partial charge >= 0.3 is 0 Å². The first-order chi connectivity index (χ1) is 11.8. The molecule has 2 aliphatic rings. The van der Waals surface area contributed by atoms with Crippen molar-refractivity contribution in [1.82, 2.24) is 10.6 Å². The lowest BCUT2D eigenvalue weighted by Gasteiger charge is -2.41. The molecule has 2 aliphatic heterocycles. The Morgan fingerprint density at radius 1 is 0.958 bits per heavy atom. The molecule has 124 valence electrons. The molecule has 0 aromatic heterocycles. The number of nitrogens with zero attached hydrogens (tertiary/aromatic N) is 1. The molecule has 0 radical (unpaired) electrons. The van der Waals surface area contributed by atoms with Crippen LogP contribution < -0.4 is 15.5 Å². The monoisotopic (exact) mass is 321 g/mol. The van der Waals surface area contributed by atoms with Crippen molar-refractivity contribution in [3.63, 3.8) is 0 Å². The van der Waals surface area contributed by atoms with Crippen molar-refractivity contribution in [2.24, 2.45) is 5.92 Å². The maximum Gasteiger partial charge on any atom is 0.225 e. The van der Waals surface area contributed by atoms with Gasteiger partial charge in [0.15, 0.2) is 0 Å². The molecular weight excluding hydrogens is 298 g/mol. The van der Waals surface area contributed by atoms with Crippen LogP contribution in [0.2, 0.25) is 0 Å². The summed E-state index contributed by atoms with van der Waals surface area (Å²) in [5.74, 6) is 0.487. The molecule has 4 rings (SSSR count). The number of hydrogen-bond acceptors (Lipinski definition) is 3. The van der Waals surface area contributed by atoms with E-state index >= 15 is 0 Å². The highest BCUT2D eigenvalue weighted by atomic mass is 16.2. The Morgan fingerprint density at radius 3 is 2.33 bits per heavy atom. The normalized spacial score (nSPS) is 23.8. The van der Waals surface area contributed by atoms with E-state index < -0.39 is 0 Å². The number of carbonyl (C=O) groups excluding carboxylic acids is 1. The maximum absolute atomic E-state index is 12.7. The van der Waals surface area contributed by atoms with Crippen LogP contribution >= 0.6 is 0 Å². The predicted octanol–water partition coefficient (Wildman–Crippen LogP) is 1.99. The molecule has 2 fully saturated rings. The summed E-state index contributed by atoms with van der Waals surface area (Å²) in [5.41, 5.74) is 2.48. The summed E-state index contributed by atoms with van der Waals surface area (Å²) in [6.45, 7) is 3.43. The number of anilines is 1. The van der Waals surface area contributed by atoms with E-state index in [2.05, 4.69) is 51.9 Å². The molecule has 4 nitrogen and oxygen atoms in total. The van der Waals surface area contributed by atoms with Crippen molar-refractivity contribution in [2.75, 3.05) is 31.1 Å². The molecule has 0 unspecified atom stereocenters. The van der Waals surface area contributed by atoms with Gasteiger partial charge in [-0.2, -0.15) is 0 Å². The molecule has 0 spiro atoms.